The third kappa shape index (κ3) is 4.94. The van der Waals surface area contributed by atoms with Crippen LogP contribution in [0.4, 0.5) is 18.9 Å². The van der Waals surface area contributed by atoms with E-state index in [0.717, 1.165) is 11.6 Å². The molecule has 0 aromatic heterocycles. The molecule has 2 aromatic rings. The molecule has 0 saturated carbocycles. The lowest BCUT2D eigenvalue weighted by Gasteiger charge is -2.26. The van der Waals surface area contributed by atoms with Crippen molar-refractivity contribution in [1.82, 2.24) is 4.90 Å². The largest absolute Gasteiger partial charge is 0.418 e. The van der Waals surface area contributed by atoms with Crippen molar-refractivity contribution in [3.63, 3.8) is 0 Å². The number of nitrogens with zero attached hydrogens (tertiary/aromatic N) is 1. The van der Waals surface area contributed by atoms with Gasteiger partial charge in [-0.15, -0.1) is 0 Å². The van der Waals surface area contributed by atoms with Crippen molar-refractivity contribution in [1.29, 1.82) is 0 Å². The fourth-order valence-electron chi connectivity index (χ4n) is 3.51. The molecule has 5 nitrogen and oxygen atoms in total. The number of ether oxygens (including phenoxy) is 1. The van der Waals surface area contributed by atoms with Gasteiger partial charge in [-0.3, -0.25) is 9.59 Å². The minimum Gasteiger partial charge on any atom is -0.397 e. The molecule has 2 unspecified atom stereocenters. The summed E-state index contributed by atoms with van der Waals surface area (Å²) < 4.78 is 44.8. The lowest BCUT2D eigenvalue weighted by atomic mass is 10.0. The minimum atomic E-state index is -4.65. The predicted octanol–water partition coefficient (Wildman–Crippen LogP) is 3.87. The maximum atomic E-state index is 13.1. The number of aryl methyl sites for hydroxylation is 1. The molecule has 2 aromatic carbocycles. The Morgan fingerprint density at radius 1 is 1.23 bits per heavy atom. The molecule has 0 bridgehead atoms. The Morgan fingerprint density at radius 2 is 1.93 bits per heavy atom. The van der Waals surface area contributed by atoms with Gasteiger partial charge in [0, 0.05) is 6.42 Å². The van der Waals surface area contributed by atoms with Gasteiger partial charge in [0.15, 0.2) is 12.5 Å². The number of amides is 1. The van der Waals surface area contributed by atoms with Gasteiger partial charge < -0.3 is 15.4 Å². The average molecular weight is 441 g/mol. The summed E-state index contributed by atoms with van der Waals surface area (Å²) in [4.78, 5) is 25.6. The fraction of sp³-hybridized carbons (Fsp3) is 0.333. The van der Waals surface area contributed by atoms with Gasteiger partial charge in [0.25, 0.3) is 0 Å². The van der Waals surface area contributed by atoms with Crippen molar-refractivity contribution in [2.45, 2.75) is 37.7 Å². The first-order valence-electron chi connectivity index (χ1n) is 9.27. The van der Waals surface area contributed by atoms with E-state index in [0.29, 0.717) is 12.7 Å². The van der Waals surface area contributed by atoms with Crippen molar-refractivity contribution < 1.29 is 27.5 Å². The summed E-state index contributed by atoms with van der Waals surface area (Å²) >= 11 is 5.84. The Balaban J connectivity index is 1.73. The van der Waals surface area contributed by atoms with Crippen LogP contribution in [0.3, 0.4) is 0 Å². The molecular weight excluding hydrogens is 421 g/mol. The number of nitrogen functional groups attached to an aromatic ring is 1. The Bertz CT molecular complexity index is 922. The summed E-state index contributed by atoms with van der Waals surface area (Å²) in [6, 6.07) is 11.3. The number of nitrogens with two attached hydrogens (primary N) is 1. The van der Waals surface area contributed by atoms with E-state index in [1.54, 1.807) is 0 Å². The van der Waals surface area contributed by atoms with E-state index in [-0.39, 0.29) is 42.0 Å². The van der Waals surface area contributed by atoms with Gasteiger partial charge in [0.1, 0.15) is 0 Å². The van der Waals surface area contributed by atoms with E-state index in [9.17, 15) is 22.8 Å². The molecule has 1 heterocycles. The topological polar surface area (TPSA) is 72.6 Å². The SMILES string of the molecule is Nc1c(Cl)cc(CCC(=O)N2C(Cc3ccccc3)COC2C=O)cc1C(F)(F)F. The second-order valence-electron chi connectivity index (χ2n) is 7.04. The van der Waals surface area contributed by atoms with Crippen molar-refractivity contribution in [2.24, 2.45) is 0 Å². The number of carbonyl (C=O) groups excluding carboxylic acids is 2. The lowest BCUT2D eigenvalue weighted by molar-refractivity contribution is -0.142. The highest BCUT2D eigenvalue weighted by Gasteiger charge is 2.38. The third-order valence-corrected chi connectivity index (χ3v) is 5.28. The highest BCUT2D eigenvalue weighted by atomic mass is 35.5. The van der Waals surface area contributed by atoms with E-state index in [4.69, 9.17) is 22.1 Å². The van der Waals surface area contributed by atoms with E-state index in [1.807, 2.05) is 30.3 Å². The van der Waals surface area contributed by atoms with Crippen LogP contribution in [0, 0.1) is 0 Å². The van der Waals surface area contributed by atoms with Crippen molar-refractivity contribution in [2.75, 3.05) is 12.3 Å². The highest BCUT2D eigenvalue weighted by molar-refractivity contribution is 6.33. The molecule has 9 heteroatoms. The molecule has 3 rings (SSSR count). The fourth-order valence-corrected chi connectivity index (χ4v) is 3.75. The van der Waals surface area contributed by atoms with Crippen LogP contribution in [0.2, 0.25) is 5.02 Å². The Kier molecular flexibility index (Phi) is 6.67. The van der Waals surface area contributed by atoms with Crippen LogP contribution in [-0.4, -0.2) is 36.0 Å². The maximum Gasteiger partial charge on any atom is 0.418 e. The molecule has 0 spiro atoms. The normalized spacial score (nSPS) is 19.1. The molecule has 1 aliphatic rings. The van der Waals surface area contributed by atoms with Crippen LogP contribution < -0.4 is 5.73 Å². The number of anilines is 1. The Labute approximate surface area is 176 Å². The lowest BCUT2D eigenvalue weighted by Crippen LogP contribution is -2.43. The predicted molar refractivity (Wildman–Crippen MR) is 106 cm³/mol. The van der Waals surface area contributed by atoms with Crippen LogP contribution in [0.15, 0.2) is 42.5 Å². The summed E-state index contributed by atoms with van der Waals surface area (Å²) in [6.45, 7) is 0.204. The second-order valence-corrected chi connectivity index (χ2v) is 7.45. The molecule has 0 aliphatic carbocycles. The number of rotatable bonds is 6. The quantitative estimate of drug-likeness (QED) is 0.546. The summed E-state index contributed by atoms with van der Waals surface area (Å²) in [7, 11) is 0. The molecule has 30 heavy (non-hydrogen) atoms. The van der Waals surface area contributed by atoms with Gasteiger partial charge >= 0.3 is 6.18 Å². The summed E-state index contributed by atoms with van der Waals surface area (Å²) in [5, 5.41) is -0.218. The summed E-state index contributed by atoms with van der Waals surface area (Å²) in [6.07, 6.45) is -4.70. The zero-order valence-corrected chi connectivity index (χ0v) is 16.6. The first kappa shape index (κ1) is 22.1. The van der Waals surface area contributed by atoms with E-state index in [1.165, 1.54) is 11.0 Å². The van der Waals surface area contributed by atoms with Crippen LogP contribution in [0.25, 0.3) is 0 Å². The molecule has 0 radical (unpaired) electrons. The average Bonchev–Trinajstić information content (AvgIpc) is 3.11. The number of carbonyl (C=O) groups is 2. The molecular formula is C21H20ClF3N2O3. The zero-order valence-electron chi connectivity index (χ0n) is 15.9. The summed E-state index contributed by atoms with van der Waals surface area (Å²) in [5.41, 5.74) is 5.08. The van der Waals surface area contributed by atoms with Gasteiger partial charge in [-0.2, -0.15) is 13.2 Å². The molecule has 1 aliphatic heterocycles. The Morgan fingerprint density at radius 3 is 2.57 bits per heavy atom. The molecule has 160 valence electrons. The smallest absolute Gasteiger partial charge is 0.397 e. The minimum absolute atomic E-state index is 0.0159. The van der Waals surface area contributed by atoms with E-state index >= 15 is 0 Å². The van der Waals surface area contributed by atoms with Gasteiger partial charge in [-0.1, -0.05) is 41.9 Å². The van der Waals surface area contributed by atoms with Gasteiger partial charge in [-0.25, -0.2) is 0 Å². The number of alkyl halides is 3. The highest BCUT2D eigenvalue weighted by Crippen LogP contribution is 2.38. The van der Waals surface area contributed by atoms with Gasteiger partial charge in [0.05, 0.1) is 28.9 Å². The van der Waals surface area contributed by atoms with Crippen LogP contribution >= 0.6 is 11.6 Å². The van der Waals surface area contributed by atoms with Crippen LogP contribution in [0.1, 0.15) is 23.1 Å². The van der Waals surface area contributed by atoms with E-state index < -0.39 is 23.7 Å². The van der Waals surface area contributed by atoms with E-state index in [2.05, 4.69) is 0 Å². The zero-order chi connectivity index (χ0) is 21.9. The maximum absolute atomic E-state index is 13.1. The standard InChI is InChI=1S/C21H20ClF3N2O3/c22-17-10-14(9-16(20(17)26)21(23,24)25)6-7-18(29)27-15(12-30-19(27)11-28)8-13-4-2-1-3-5-13/h1-5,9-11,15,19H,6-8,12,26H2. The number of aldehydes is 1. The van der Waals surface area contributed by atoms with Gasteiger partial charge in [0.2, 0.25) is 5.91 Å². The number of halogens is 4. The molecule has 2 atom stereocenters. The molecule has 1 saturated heterocycles. The van der Waals surface area contributed by atoms with Crippen molar-refractivity contribution in [3.05, 3.63) is 64.2 Å². The molecule has 1 amide bonds. The van der Waals surface area contributed by atoms with Crippen LogP contribution in [-0.2, 0) is 33.3 Å². The number of benzene rings is 2. The first-order chi connectivity index (χ1) is 14.2. The Hall–Kier alpha value is -2.58. The number of hydrogen-bond donors (Lipinski definition) is 1. The van der Waals surface area contributed by atoms with Gasteiger partial charge in [-0.05, 0) is 36.1 Å². The molecule has 2 N–H and O–H groups in total. The van der Waals surface area contributed by atoms with Crippen LogP contribution in [0.5, 0.6) is 0 Å². The van der Waals surface area contributed by atoms with Crippen molar-refractivity contribution in [3.8, 4) is 0 Å². The summed E-state index contributed by atoms with van der Waals surface area (Å²) in [5.74, 6) is -0.382. The monoisotopic (exact) mass is 440 g/mol. The van der Waals surface area contributed by atoms with Crippen molar-refractivity contribution >= 4 is 29.5 Å². The number of hydrogen-bond acceptors (Lipinski definition) is 4. The third-order valence-electron chi connectivity index (χ3n) is 4.97. The second kappa shape index (κ2) is 9.06. The first-order valence-corrected chi connectivity index (χ1v) is 9.65. The molecule has 1 fully saturated rings.